The van der Waals surface area contributed by atoms with E-state index in [4.69, 9.17) is 4.98 Å². The normalized spacial score (nSPS) is 11.7. The van der Waals surface area contributed by atoms with Gasteiger partial charge in [-0.1, -0.05) is 138 Å². The summed E-state index contributed by atoms with van der Waals surface area (Å²) in [5.74, 6) is 0.667. The summed E-state index contributed by atoms with van der Waals surface area (Å²) in [4.78, 5) is 9.45. The maximum atomic E-state index is 4.76. The van der Waals surface area contributed by atoms with Gasteiger partial charge < -0.3 is 9.97 Å². The summed E-state index contributed by atoms with van der Waals surface area (Å²) in [6, 6.07) is 51.8. The zero-order valence-corrected chi connectivity index (χ0v) is 37.9. The fraction of sp³-hybridized carbons (Fsp3) is 0.216. The number of nitrogens with zero attached hydrogens (tertiary/aromatic N) is 2. The van der Waals surface area contributed by atoms with Crippen LogP contribution >= 0.6 is 11.3 Å². The summed E-state index contributed by atoms with van der Waals surface area (Å²) in [5.41, 5.74) is 12.0. The Hall–Kier alpha value is -4.51. The molecule has 8 rings (SSSR count). The van der Waals surface area contributed by atoms with Crippen molar-refractivity contribution in [3.63, 3.8) is 0 Å². The van der Waals surface area contributed by atoms with Crippen LogP contribution in [0.25, 0.3) is 64.9 Å². The van der Waals surface area contributed by atoms with Crippen LogP contribution in [0.1, 0.15) is 45.7 Å². The number of aromatic nitrogens is 2. The summed E-state index contributed by atoms with van der Waals surface area (Å²) in [5, 5.41) is 4.06. The fourth-order valence-corrected chi connectivity index (χ4v) is 10.1. The smallest absolute Gasteiger partial charge is 0.0798 e. The molecule has 2 nitrogen and oxygen atoms in total. The van der Waals surface area contributed by atoms with Crippen LogP contribution in [0.3, 0.4) is 0 Å². The quantitative estimate of drug-likeness (QED) is 0.118. The van der Waals surface area contributed by atoms with Crippen molar-refractivity contribution < 1.29 is 20.1 Å². The van der Waals surface area contributed by atoms with Crippen LogP contribution in [-0.4, -0.2) is 18.0 Å². The molecule has 0 bridgehead atoms. The van der Waals surface area contributed by atoms with E-state index in [1.54, 1.807) is 0 Å². The maximum Gasteiger partial charge on any atom is 0.0798 e. The van der Waals surface area contributed by atoms with Crippen molar-refractivity contribution in [2.24, 2.45) is 5.92 Å². The van der Waals surface area contributed by atoms with E-state index in [1.807, 2.05) is 35.7 Å². The average molecular weight is 943 g/mol. The fourth-order valence-electron chi connectivity index (χ4n) is 7.22. The zero-order chi connectivity index (χ0) is 38.7. The molecule has 1 radical (unpaired) electrons. The third-order valence-electron chi connectivity index (χ3n) is 10.0. The Balaban J connectivity index is 0.000000217. The second kappa shape index (κ2) is 17.3. The van der Waals surface area contributed by atoms with Gasteiger partial charge in [0.2, 0.25) is 0 Å². The van der Waals surface area contributed by atoms with Crippen molar-refractivity contribution >= 4 is 44.8 Å². The molecular weight excluding hydrogens is 893 g/mol. The number of hydrogen-bond acceptors (Lipinski definition) is 3. The second-order valence-corrected chi connectivity index (χ2v) is 22.9. The van der Waals surface area contributed by atoms with E-state index in [1.165, 1.54) is 58.7 Å². The maximum absolute atomic E-state index is 4.76. The van der Waals surface area contributed by atoms with Crippen molar-refractivity contribution in [3.8, 4) is 44.8 Å². The molecular formula is C51H50IrN2SSi-2. The molecule has 0 aliphatic rings. The van der Waals surface area contributed by atoms with Crippen LogP contribution in [0.5, 0.6) is 0 Å². The van der Waals surface area contributed by atoms with Gasteiger partial charge in [0.1, 0.15) is 0 Å². The van der Waals surface area contributed by atoms with Gasteiger partial charge in [0, 0.05) is 37.2 Å². The molecule has 0 aliphatic heterocycles. The first kappa shape index (κ1) is 41.1. The molecule has 5 aromatic carbocycles. The van der Waals surface area contributed by atoms with E-state index in [2.05, 4.69) is 187 Å². The van der Waals surface area contributed by atoms with Gasteiger partial charge in [-0.25, -0.2) is 0 Å². The van der Waals surface area contributed by atoms with Crippen molar-refractivity contribution in [2.45, 2.75) is 66.1 Å². The van der Waals surface area contributed by atoms with Crippen molar-refractivity contribution in [1.82, 2.24) is 9.97 Å². The minimum Gasteiger partial charge on any atom is -0.305 e. The molecule has 3 heterocycles. The second-order valence-electron chi connectivity index (χ2n) is 16.9. The van der Waals surface area contributed by atoms with Crippen LogP contribution in [0.2, 0.25) is 19.6 Å². The predicted molar refractivity (Wildman–Crippen MR) is 241 cm³/mol. The first-order valence-corrected chi connectivity index (χ1v) is 23.6. The SMILES string of the molecule is CC(C)(C)c1ccnc(-c2[c-]ccc3c2sc2cc(-c4ccccc4)cc(-c4ccccc4)c23)c1.CC(C)Cc1cc(-c2[c-]cccc2)ncc1[Si](C)(C)C.[Ir]. The van der Waals surface area contributed by atoms with E-state index >= 15 is 0 Å². The van der Waals surface area contributed by atoms with Crippen molar-refractivity contribution in [3.05, 3.63) is 163 Å². The molecule has 0 fully saturated rings. The third-order valence-corrected chi connectivity index (χ3v) is 13.3. The number of fused-ring (bicyclic) bond motifs is 3. The third kappa shape index (κ3) is 9.19. The molecule has 0 spiro atoms. The number of hydrogen-bond donors (Lipinski definition) is 0. The molecule has 5 heteroatoms. The van der Waals surface area contributed by atoms with Crippen LogP contribution in [0.4, 0.5) is 0 Å². The monoisotopic (exact) mass is 943 g/mol. The molecule has 3 aromatic heterocycles. The Morgan fingerprint density at radius 1 is 0.696 bits per heavy atom. The molecule has 0 saturated heterocycles. The molecule has 0 atom stereocenters. The first-order chi connectivity index (χ1) is 26.4. The Morgan fingerprint density at radius 3 is 2.04 bits per heavy atom. The van der Waals surface area contributed by atoms with Gasteiger partial charge in [-0.3, -0.25) is 0 Å². The van der Waals surface area contributed by atoms with Gasteiger partial charge >= 0.3 is 0 Å². The van der Waals surface area contributed by atoms with Crippen LogP contribution < -0.4 is 5.19 Å². The van der Waals surface area contributed by atoms with Gasteiger partial charge in [-0.05, 0) is 90.4 Å². The molecule has 285 valence electrons. The van der Waals surface area contributed by atoms with Gasteiger partial charge in [0.05, 0.1) is 8.07 Å². The largest absolute Gasteiger partial charge is 0.305 e. The summed E-state index contributed by atoms with van der Waals surface area (Å²) in [6.07, 6.45) is 5.17. The Labute approximate surface area is 352 Å². The van der Waals surface area contributed by atoms with Crippen LogP contribution in [0.15, 0.2) is 140 Å². The molecule has 0 aliphatic carbocycles. The Bertz CT molecular complexity index is 2550. The molecule has 0 saturated carbocycles. The van der Waals surface area contributed by atoms with Crippen LogP contribution in [-0.2, 0) is 31.9 Å². The molecule has 8 aromatic rings. The topological polar surface area (TPSA) is 25.8 Å². The minimum atomic E-state index is -1.34. The van der Waals surface area contributed by atoms with E-state index < -0.39 is 8.07 Å². The molecule has 0 N–H and O–H groups in total. The van der Waals surface area contributed by atoms with E-state index in [9.17, 15) is 0 Å². The summed E-state index contributed by atoms with van der Waals surface area (Å²) in [6.45, 7) is 18.5. The first-order valence-electron chi connectivity index (χ1n) is 19.3. The van der Waals surface area contributed by atoms with E-state index in [-0.39, 0.29) is 25.5 Å². The minimum absolute atomic E-state index is 0. The predicted octanol–water partition coefficient (Wildman–Crippen LogP) is 13.8. The van der Waals surface area contributed by atoms with Gasteiger partial charge in [-0.15, -0.1) is 59.7 Å². The van der Waals surface area contributed by atoms with Gasteiger partial charge in [0.25, 0.3) is 0 Å². The average Bonchev–Trinajstić information content (AvgIpc) is 3.57. The molecule has 0 amide bonds. The number of benzene rings is 5. The van der Waals surface area contributed by atoms with Gasteiger partial charge in [-0.2, -0.15) is 11.3 Å². The van der Waals surface area contributed by atoms with E-state index in [0.717, 1.165) is 28.9 Å². The van der Waals surface area contributed by atoms with Crippen LogP contribution in [0, 0.1) is 18.1 Å². The Morgan fingerprint density at radius 2 is 1.39 bits per heavy atom. The summed E-state index contributed by atoms with van der Waals surface area (Å²) < 4.78 is 2.52. The van der Waals surface area contributed by atoms with Crippen molar-refractivity contribution in [1.29, 1.82) is 0 Å². The number of thiophene rings is 1. The summed E-state index contributed by atoms with van der Waals surface area (Å²) >= 11 is 1.84. The molecule has 0 unspecified atom stereocenters. The number of pyridine rings is 2. The number of rotatable bonds is 7. The standard InChI is InChI=1S/C33H26NS.C18H24NSi.Ir/c1-33(2,3)25-17-18-34-29(21-25)26-15-10-16-27-31-28(23-13-8-5-9-14-23)19-24(20-30(31)35-32(26)27)22-11-6-4-7-12-22;1-14(2)11-16-12-17(15-9-7-6-8-10-15)19-13-18(16)20(3,4)5;/h4-14,16-21H,1-3H3;6-9,12-14H,11H2,1-5H3;/q2*-1;. The van der Waals surface area contributed by atoms with E-state index in [0.29, 0.717) is 5.92 Å². The summed E-state index contributed by atoms with van der Waals surface area (Å²) in [7, 11) is -1.34. The van der Waals surface area contributed by atoms with Crippen molar-refractivity contribution in [2.75, 3.05) is 0 Å². The van der Waals surface area contributed by atoms with Gasteiger partial charge in [0.15, 0.2) is 0 Å². The Kier molecular flexibility index (Phi) is 12.7. The zero-order valence-electron chi connectivity index (χ0n) is 33.7. The molecule has 56 heavy (non-hydrogen) atoms.